The first-order valence-electron chi connectivity index (χ1n) is 6.84. The molecule has 0 aliphatic rings. The van der Waals surface area contributed by atoms with Gasteiger partial charge in [-0.25, -0.2) is 4.79 Å². The highest BCUT2D eigenvalue weighted by Crippen LogP contribution is 1.98. The summed E-state index contributed by atoms with van der Waals surface area (Å²) in [6, 6.07) is -1.06. The van der Waals surface area contributed by atoms with Crippen LogP contribution in [0.15, 0.2) is 4.99 Å². The topological polar surface area (TPSA) is 223 Å². The van der Waals surface area contributed by atoms with Crippen molar-refractivity contribution in [3.63, 3.8) is 0 Å². The summed E-state index contributed by atoms with van der Waals surface area (Å²) in [4.78, 5) is 45.9. The van der Waals surface area contributed by atoms with Gasteiger partial charge >= 0.3 is 5.97 Å². The highest BCUT2D eigenvalue weighted by Gasteiger charge is 2.19. The van der Waals surface area contributed by atoms with Crippen molar-refractivity contribution >= 4 is 29.7 Å². The number of carbonyl (C=O) groups is 4. The third kappa shape index (κ3) is 17.2. The van der Waals surface area contributed by atoms with E-state index in [1.165, 1.54) is 0 Å². The van der Waals surface area contributed by atoms with Crippen molar-refractivity contribution in [3.8, 4) is 0 Å². The lowest BCUT2D eigenvalue weighted by Crippen LogP contribution is -2.46. The Morgan fingerprint density at radius 3 is 2.08 bits per heavy atom. The van der Waals surface area contributed by atoms with Gasteiger partial charge in [-0.1, -0.05) is 0 Å². The standard InChI is InChI=1S/C10H20N6O4.C2H4O2/c11-4-7(17)15-5-8(18)16-6(9(19)20)2-1-3-14-10(12)13;1-2(3)4/h6H,1-5,11H2,(H,15,17)(H,16,18)(H,19,20)(H4,12,13,14);1H3,(H,3,4). The van der Waals surface area contributed by atoms with Crippen LogP contribution >= 0.6 is 0 Å². The number of guanidine groups is 1. The lowest BCUT2D eigenvalue weighted by Gasteiger charge is -2.14. The normalized spacial score (nSPS) is 10.4. The maximum Gasteiger partial charge on any atom is 0.326 e. The van der Waals surface area contributed by atoms with Crippen molar-refractivity contribution < 1.29 is 29.4 Å². The first-order valence-corrected chi connectivity index (χ1v) is 6.84. The minimum Gasteiger partial charge on any atom is -0.481 e. The number of hydrogen-bond acceptors (Lipinski definition) is 6. The van der Waals surface area contributed by atoms with Gasteiger partial charge in [0.2, 0.25) is 11.8 Å². The largest absolute Gasteiger partial charge is 0.481 e. The van der Waals surface area contributed by atoms with Crippen LogP contribution in [-0.4, -0.2) is 65.6 Å². The van der Waals surface area contributed by atoms with Crippen LogP contribution in [0.2, 0.25) is 0 Å². The Morgan fingerprint density at radius 2 is 1.67 bits per heavy atom. The van der Waals surface area contributed by atoms with Gasteiger partial charge in [0.25, 0.3) is 5.97 Å². The van der Waals surface area contributed by atoms with E-state index in [2.05, 4.69) is 15.6 Å². The molecule has 0 aliphatic heterocycles. The predicted molar refractivity (Wildman–Crippen MR) is 84.9 cm³/mol. The SMILES string of the molecule is CC(=O)O.NCC(=O)NCC(=O)NC(CCCN=C(N)N)C(=O)O. The summed E-state index contributed by atoms with van der Waals surface area (Å²) in [6.45, 7) is 0.785. The summed E-state index contributed by atoms with van der Waals surface area (Å²) >= 11 is 0. The van der Waals surface area contributed by atoms with Crippen molar-refractivity contribution in [1.29, 1.82) is 0 Å². The maximum absolute atomic E-state index is 11.4. The Hall–Kier alpha value is -2.89. The van der Waals surface area contributed by atoms with Crippen LogP contribution in [0.25, 0.3) is 0 Å². The number of hydrogen-bond donors (Lipinski definition) is 7. The second kappa shape index (κ2) is 13.8. The van der Waals surface area contributed by atoms with E-state index in [0.717, 1.165) is 6.92 Å². The molecule has 10 N–H and O–H groups in total. The summed E-state index contributed by atoms with van der Waals surface area (Å²) < 4.78 is 0. The molecule has 1 atom stereocenters. The smallest absolute Gasteiger partial charge is 0.326 e. The number of aliphatic imine (C=N–C) groups is 1. The van der Waals surface area contributed by atoms with Gasteiger partial charge in [0.05, 0.1) is 13.1 Å². The third-order valence-corrected chi connectivity index (χ3v) is 2.21. The number of amides is 2. The van der Waals surface area contributed by atoms with Gasteiger partial charge in [-0.15, -0.1) is 0 Å². The van der Waals surface area contributed by atoms with E-state index < -0.39 is 29.8 Å². The fourth-order valence-electron chi connectivity index (χ4n) is 1.26. The number of nitrogens with zero attached hydrogens (tertiary/aromatic N) is 1. The zero-order chi connectivity index (χ0) is 19.1. The van der Waals surface area contributed by atoms with Gasteiger partial charge < -0.3 is 38.0 Å². The highest BCUT2D eigenvalue weighted by molar-refractivity contribution is 5.88. The molecule has 138 valence electrons. The maximum atomic E-state index is 11.4. The fraction of sp³-hybridized carbons (Fsp3) is 0.583. The molecule has 1 unspecified atom stereocenters. The van der Waals surface area contributed by atoms with E-state index in [1.807, 2.05) is 0 Å². The number of rotatable bonds is 9. The fourth-order valence-corrected chi connectivity index (χ4v) is 1.26. The number of carbonyl (C=O) groups excluding carboxylic acids is 2. The molecule has 0 fully saturated rings. The molecule has 0 radical (unpaired) electrons. The molecular weight excluding hydrogens is 324 g/mol. The van der Waals surface area contributed by atoms with E-state index in [9.17, 15) is 14.4 Å². The van der Waals surface area contributed by atoms with Crippen LogP contribution in [0, 0.1) is 0 Å². The Morgan fingerprint density at radius 1 is 1.12 bits per heavy atom. The quantitative estimate of drug-likeness (QED) is 0.126. The first-order chi connectivity index (χ1) is 11.1. The van der Waals surface area contributed by atoms with Gasteiger partial charge in [0, 0.05) is 13.5 Å². The Balaban J connectivity index is 0. The van der Waals surface area contributed by atoms with Gasteiger partial charge in [-0.2, -0.15) is 0 Å². The number of carboxylic acid groups (broad SMARTS) is 2. The monoisotopic (exact) mass is 348 g/mol. The summed E-state index contributed by atoms with van der Waals surface area (Å²) in [7, 11) is 0. The lowest BCUT2D eigenvalue weighted by molar-refractivity contribution is -0.142. The van der Waals surface area contributed by atoms with E-state index in [4.69, 9.17) is 32.2 Å². The molecule has 24 heavy (non-hydrogen) atoms. The zero-order valence-electron chi connectivity index (χ0n) is 13.3. The van der Waals surface area contributed by atoms with Crippen LogP contribution < -0.4 is 27.8 Å². The molecule has 0 bridgehead atoms. The molecule has 0 aromatic rings. The van der Waals surface area contributed by atoms with Crippen molar-refractivity contribution in [3.05, 3.63) is 0 Å². The van der Waals surface area contributed by atoms with E-state index in [1.54, 1.807) is 0 Å². The lowest BCUT2D eigenvalue weighted by atomic mass is 10.1. The predicted octanol–water partition coefficient (Wildman–Crippen LogP) is -3.22. The number of carboxylic acids is 2. The van der Waals surface area contributed by atoms with Crippen molar-refractivity contribution in [2.24, 2.45) is 22.2 Å². The van der Waals surface area contributed by atoms with Gasteiger partial charge in [0.15, 0.2) is 5.96 Å². The van der Waals surface area contributed by atoms with Crippen LogP contribution in [0.5, 0.6) is 0 Å². The van der Waals surface area contributed by atoms with E-state index >= 15 is 0 Å². The average Bonchev–Trinajstić information content (AvgIpc) is 2.46. The Bertz CT molecular complexity index is 459. The first kappa shape index (κ1) is 23.4. The molecule has 0 saturated carbocycles. The van der Waals surface area contributed by atoms with Gasteiger partial charge in [-0.3, -0.25) is 19.4 Å². The highest BCUT2D eigenvalue weighted by atomic mass is 16.4. The molecule has 2 amide bonds. The molecule has 0 aliphatic carbocycles. The minimum atomic E-state index is -1.17. The number of aliphatic carboxylic acids is 2. The summed E-state index contributed by atoms with van der Waals surface area (Å²) in [6.07, 6.45) is 0.562. The van der Waals surface area contributed by atoms with Crippen LogP contribution in [0.4, 0.5) is 0 Å². The van der Waals surface area contributed by atoms with Crippen LogP contribution in [0.3, 0.4) is 0 Å². The number of nitrogens with one attached hydrogen (secondary N) is 2. The summed E-state index contributed by atoms with van der Waals surface area (Å²) in [5, 5.41) is 20.9. The molecular formula is C12H24N6O6. The van der Waals surface area contributed by atoms with Crippen LogP contribution in [0.1, 0.15) is 19.8 Å². The Labute approximate surface area is 138 Å². The van der Waals surface area contributed by atoms with Crippen molar-refractivity contribution in [1.82, 2.24) is 10.6 Å². The molecule has 0 aromatic carbocycles. The molecule has 12 nitrogen and oxygen atoms in total. The van der Waals surface area contributed by atoms with Crippen molar-refractivity contribution in [2.45, 2.75) is 25.8 Å². The molecule has 0 aromatic heterocycles. The average molecular weight is 348 g/mol. The Kier molecular flexibility index (Phi) is 13.4. The minimum absolute atomic E-state index is 0.0783. The molecule has 0 rings (SSSR count). The number of nitrogens with two attached hydrogens (primary N) is 3. The molecule has 12 heteroatoms. The van der Waals surface area contributed by atoms with Gasteiger partial charge in [-0.05, 0) is 12.8 Å². The van der Waals surface area contributed by atoms with E-state index in [0.29, 0.717) is 6.42 Å². The summed E-state index contributed by atoms with van der Waals surface area (Å²) in [5.41, 5.74) is 15.3. The van der Waals surface area contributed by atoms with Crippen molar-refractivity contribution in [2.75, 3.05) is 19.6 Å². The summed E-state index contributed by atoms with van der Waals surface area (Å²) in [5.74, 6) is -3.19. The molecule has 0 heterocycles. The van der Waals surface area contributed by atoms with Crippen LogP contribution in [-0.2, 0) is 19.2 Å². The second-order valence-corrected chi connectivity index (χ2v) is 4.41. The third-order valence-electron chi connectivity index (χ3n) is 2.21. The van der Waals surface area contributed by atoms with Gasteiger partial charge in [0.1, 0.15) is 6.04 Å². The second-order valence-electron chi connectivity index (χ2n) is 4.41. The molecule has 0 saturated heterocycles. The molecule has 0 spiro atoms. The zero-order valence-corrected chi connectivity index (χ0v) is 13.3. The van der Waals surface area contributed by atoms with E-state index in [-0.39, 0.29) is 32.0 Å².